The third kappa shape index (κ3) is 2.27. The van der Waals surface area contributed by atoms with Gasteiger partial charge in [0.1, 0.15) is 5.41 Å². The van der Waals surface area contributed by atoms with Crippen LogP contribution in [0.4, 0.5) is 5.69 Å². The highest BCUT2D eigenvalue weighted by molar-refractivity contribution is 5.87. The van der Waals surface area contributed by atoms with Crippen molar-refractivity contribution in [2.75, 3.05) is 0 Å². The first-order chi connectivity index (χ1) is 13.7. The van der Waals surface area contributed by atoms with Gasteiger partial charge >= 0.3 is 0 Å². The smallest absolute Gasteiger partial charge is 0.217 e. The quantitative estimate of drug-likeness (QED) is 0.608. The number of benzene rings is 3. The third-order valence-corrected chi connectivity index (χ3v) is 6.00. The Morgan fingerprint density at radius 1 is 0.679 bits per heavy atom. The summed E-state index contributed by atoms with van der Waals surface area (Å²) in [4.78, 5) is 4.88. The van der Waals surface area contributed by atoms with E-state index in [-0.39, 0.29) is 12.2 Å². The highest BCUT2D eigenvalue weighted by atomic mass is 16.8. The van der Waals surface area contributed by atoms with E-state index in [9.17, 15) is 0 Å². The molecule has 0 aromatic heterocycles. The minimum Gasteiger partial charge on any atom is -0.339 e. The van der Waals surface area contributed by atoms with Crippen molar-refractivity contribution in [1.29, 1.82) is 0 Å². The van der Waals surface area contributed by atoms with Crippen LogP contribution in [0.25, 0.3) is 0 Å². The van der Waals surface area contributed by atoms with E-state index in [0.29, 0.717) is 0 Å². The Balaban J connectivity index is 1.88. The molecule has 140 valence electrons. The van der Waals surface area contributed by atoms with Gasteiger partial charge in [-0.05, 0) is 31.0 Å². The van der Waals surface area contributed by atoms with Gasteiger partial charge < -0.3 is 9.47 Å². The number of rotatable bonds is 2. The summed E-state index contributed by atoms with van der Waals surface area (Å²) in [5, 5.41) is 0. The molecule has 0 unspecified atom stereocenters. The number of hydrogen-bond donors (Lipinski definition) is 0. The third-order valence-electron chi connectivity index (χ3n) is 6.00. The normalized spacial score (nSPS) is 24.2. The Hall–Kier alpha value is -2.75. The van der Waals surface area contributed by atoms with Gasteiger partial charge in [-0.2, -0.15) is 0 Å². The lowest BCUT2D eigenvalue weighted by Gasteiger charge is -2.48. The second kappa shape index (κ2) is 6.40. The monoisotopic (exact) mass is 369 g/mol. The number of nitrogens with zero attached hydrogens (tertiary/aromatic N) is 1. The molecule has 2 atom stereocenters. The molecule has 1 spiro atoms. The Bertz CT molecular complexity index is 963. The maximum atomic E-state index is 6.74. The first-order valence-electron chi connectivity index (χ1n) is 9.79. The van der Waals surface area contributed by atoms with Gasteiger partial charge in [-0.15, -0.1) is 0 Å². The minimum absolute atomic E-state index is 0.0358. The average molecular weight is 369 g/mol. The molecule has 1 fully saturated rings. The van der Waals surface area contributed by atoms with Crippen LogP contribution in [0.2, 0.25) is 0 Å². The molecular formula is C25H23NO2. The van der Waals surface area contributed by atoms with Gasteiger partial charge in [0.15, 0.2) is 0 Å². The van der Waals surface area contributed by atoms with Gasteiger partial charge in [-0.1, -0.05) is 78.9 Å². The SMILES string of the molecule is C[C@H]1OC2(O[C@@H]1C)c1ccccc1N=CC2(c1ccccc1)c1ccccc1. The van der Waals surface area contributed by atoms with Gasteiger partial charge in [0.05, 0.1) is 17.9 Å². The van der Waals surface area contributed by atoms with E-state index in [1.54, 1.807) is 0 Å². The van der Waals surface area contributed by atoms with E-state index >= 15 is 0 Å². The fourth-order valence-corrected chi connectivity index (χ4v) is 4.48. The van der Waals surface area contributed by atoms with E-state index in [0.717, 1.165) is 22.4 Å². The lowest BCUT2D eigenvalue weighted by molar-refractivity contribution is -0.206. The molecule has 3 heteroatoms. The zero-order chi connectivity index (χ0) is 19.2. The van der Waals surface area contributed by atoms with Crippen LogP contribution in [-0.2, 0) is 20.7 Å². The molecule has 0 radical (unpaired) electrons. The zero-order valence-electron chi connectivity index (χ0n) is 16.1. The predicted octanol–water partition coefficient (Wildman–Crippen LogP) is 5.37. The molecule has 3 aromatic rings. The van der Waals surface area contributed by atoms with Gasteiger partial charge in [0, 0.05) is 11.8 Å². The van der Waals surface area contributed by atoms with E-state index < -0.39 is 11.2 Å². The van der Waals surface area contributed by atoms with Crippen LogP contribution in [0.3, 0.4) is 0 Å². The topological polar surface area (TPSA) is 30.8 Å². The summed E-state index contributed by atoms with van der Waals surface area (Å²) in [6, 6.07) is 29.0. The Kier molecular flexibility index (Phi) is 3.97. The molecule has 3 aromatic carbocycles. The summed E-state index contributed by atoms with van der Waals surface area (Å²) in [6.45, 7) is 4.16. The van der Waals surface area contributed by atoms with Gasteiger partial charge in [0.25, 0.3) is 0 Å². The summed E-state index contributed by atoms with van der Waals surface area (Å²) in [5.41, 5.74) is 3.37. The lowest BCUT2D eigenvalue weighted by Crippen LogP contribution is -2.54. The van der Waals surface area contributed by atoms with Gasteiger partial charge in [-0.25, -0.2) is 0 Å². The highest BCUT2D eigenvalue weighted by Gasteiger charge is 2.63. The molecule has 0 aliphatic carbocycles. The fraction of sp³-hybridized carbons (Fsp3) is 0.240. The van der Waals surface area contributed by atoms with Crippen molar-refractivity contribution in [3.8, 4) is 0 Å². The van der Waals surface area contributed by atoms with Crippen molar-refractivity contribution in [1.82, 2.24) is 0 Å². The van der Waals surface area contributed by atoms with Crippen molar-refractivity contribution in [2.45, 2.75) is 37.3 Å². The molecule has 1 saturated heterocycles. The Labute approximate surface area is 165 Å². The molecule has 5 rings (SSSR count). The molecule has 0 bridgehead atoms. The Morgan fingerprint density at radius 3 is 1.75 bits per heavy atom. The van der Waals surface area contributed by atoms with Gasteiger partial charge in [0.2, 0.25) is 5.79 Å². The van der Waals surface area contributed by atoms with Crippen molar-refractivity contribution in [3.63, 3.8) is 0 Å². The van der Waals surface area contributed by atoms with Crippen LogP contribution in [0.5, 0.6) is 0 Å². The molecular weight excluding hydrogens is 346 g/mol. The highest BCUT2D eigenvalue weighted by Crippen LogP contribution is 2.57. The van der Waals surface area contributed by atoms with Crippen LogP contribution >= 0.6 is 0 Å². The molecule has 0 amide bonds. The lowest BCUT2D eigenvalue weighted by atomic mass is 9.65. The van der Waals surface area contributed by atoms with Gasteiger partial charge in [-0.3, -0.25) is 4.99 Å². The zero-order valence-corrected chi connectivity index (χ0v) is 16.1. The number of para-hydroxylation sites is 1. The molecule has 28 heavy (non-hydrogen) atoms. The van der Waals surface area contributed by atoms with Crippen LogP contribution in [0.1, 0.15) is 30.5 Å². The molecule has 2 aliphatic rings. The van der Waals surface area contributed by atoms with E-state index in [1.165, 1.54) is 0 Å². The van der Waals surface area contributed by atoms with Crippen molar-refractivity contribution >= 4 is 11.9 Å². The maximum absolute atomic E-state index is 6.74. The molecule has 2 aliphatic heterocycles. The average Bonchev–Trinajstić information content (AvgIpc) is 3.05. The maximum Gasteiger partial charge on any atom is 0.217 e. The van der Waals surface area contributed by atoms with Crippen LogP contribution in [0, 0.1) is 0 Å². The minimum atomic E-state index is -0.979. The van der Waals surface area contributed by atoms with E-state index in [4.69, 9.17) is 14.5 Å². The van der Waals surface area contributed by atoms with Crippen molar-refractivity contribution < 1.29 is 9.47 Å². The number of fused-ring (bicyclic) bond motifs is 2. The van der Waals surface area contributed by atoms with Crippen molar-refractivity contribution in [3.05, 3.63) is 102 Å². The molecule has 2 heterocycles. The summed E-state index contributed by atoms with van der Waals surface area (Å²) >= 11 is 0. The van der Waals surface area contributed by atoms with Crippen LogP contribution < -0.4 is 0 Å². The summed E-state index contributed by atoms with van der Waals surface area (Å²) < 4.78 is 13.5. The first kappa shape index (κ1) is 17.4. The second-order valence-electron chi connectivity index (χ2n) is 7.58. The summed E-state index contributed by atoms with van der Waals surface area (Å²) in [6.07, 6.45) is 1.95. The summed E-state index contributed by atoms with van der Waals surface area (Å²) in [7, 11) is 0. The Morgan fingerprint density at radius 2 is 1.18 bits per heavy atom. The molecule has 0 N–H and O–H groups in total. The summed E-state index contributed by atoms with van der Waals surface area (Å²) in [5.74, 6) is -0.979. The number of aliphatic imine (C=N–C) groups is 1. The van der Waals surface area contributed by atoms with E-state index in [1.807, 2.05) is 36.5 Å². The first-order valence-corrected chi connectivity index (χ1v) is 9.79. The number of ether oxygens (including phenoxy) is 2. The van der Waals surface area contributed by atoms with Crippen molar-refractivity contribution in [2.24, 2.45) is 4.99 Å². The predicted molar refractivity (Wildman–Crippen MR) is 111 cm³/mol. The van der Waals surface area contributed by atoms with Crippen LogP contribution in [-0.4, -0.2) is 18.4 Å². The van der Waals surface area contributed by atoms with Crippen LogP contribution in [0.15, 0.2) is 89.9 Å². The second-order valence-corrected chi connectivity index (χ2v) is 7.58. The largest absolute Gasteiger partial charge is 0.339 e. The number of hydrogen-bond acceptors (Lipinski definition) is 3. The molecule has 0 saturated carbocycles. The fourth-order valence-electron chi connectivity index (χ4n) is 4.48. The van der Waals surface area contributed by atoms with E-state index in [2.05, 4.69) is 68.4 Å². The molecule has 3 nitrogen and oxygen atoms in total. The standard InChI is InChI=1S/C25H23NO2/c1-18-19(2)28-25(27-18)22-15-9-10-16-23(22)26-17-24(25,20-11-5-3-6-12-20)21-13-7-4-8-14-21/h3-19H,1-2H3/t18-,19-/m1/s1.